The van der Waals surface area contributed by atoms with Gasteiger partial charge in [-0.15, -0.1) is 0 Å². The molecule has 1 aromatic carbocycles. The molecule has 2 N–H and O–H groups in total. The second-order valence-corrected chi connectivity index (χ2v) is 4.99. The van der Waals surface area contributed by atoms with E-state index in [2.05, 4.69) is 48.2 Å². The van der Waals surface area contributed by atoms with Crippen molar-refractivity contribution in [3.8, 4) is 0 Å². The maximum Gasteiger partial charge on any atom is 0.108 e. The summed E-state index contributed by atoms with van der Waals surface area (Å²) in [4.78, 5) is 8.04. The predicted molar refractivity (Wildman–Crippen MR) is 77.0 cm³/mol. The Bertz CT molecular complexity index is 475. The first-order chi connectivity index (χ1) is 8.70. The van der Waals surface area contributed by atoms with Crippen LogP contribution in [0.4, 0.5) is 0 Å². The quantitative estimate of drug-likeness (QED) is 0.768. The monoisotopic (exact) mass is 245 g/mol. The van der Waals surface area contributed by atoms with Crippen LogP contribution in [0.3, 0.4) is 0 Å². The van der Waals surface area contributed by atoms with Crippen LogP contribution in [0.25, 0.3) is 11.0 Å². The highest BCUT2D eigenvalue weighted by atomic mass is 14.9. The molecule has 1 aromatic heterocycles. The van der Waals surface area contributed by atoms with E-state index in [1.807, 2.05) is 0 Å². The minimum Gasteiger partial charge on any atom is -0.342 e. The summed E-state index contributed by atoms with van der Waals surface area (Å²) < 4.78 is 0. The molecule has 1 heterocycles. The van der Waals surface area contributed by atoms with Crippen molar-refractivity contribution in [3.05, 3.63) is 29.1 Å². The second kappa shape index (κ2) is 6.01. The van der Waals surface area contributed by atoms with Crippen LogP contribution in [-0.2, 0) is 6.42 Å². The molecule has 0 amide bonds. The Balaban J connectivity index is 1.97. The van der Waals surface area contributed by atoms with Gasteiger partial charge in [-0.1, -0.05) is 13.3 Å². The average molecular weight is 245 g/mol. The van der Waals surface area contributed by atoms with Crippen molar-refractivity contribution >= 4 is 11.0 Å². The van der Waals surface area contributed by atoms with Gasteiger partial charge in [0.2, 0.25) is 0 Å². The standard InChI is InChI=1S/C15H23N3/c1-4-5-7-16-8-6-15-17-13-9-11(2)12(3)10-14(13)18-15/h9-10,16H,4-8H2,1-3H3,(H,17,18). The molecule has 2 rings (SSSR count). The van der Waals surface area contributed by atoms with Gasteiger partial charge in [0.25, 0.3) is 0 Å². The molecule has 3 heteroatoms. The number of H-pyrrole nitrogens is 1. The molecule has 0 aliphatic heterocycles. The molecule has 0 unspecified atom stereocenters. The van der Waals surface area contributed by atoms with Gasteiger partial charge in [0.1, 0.15) is 5.82 Å². The summed E-state index contributed by atoms with van der Waals surface area (Å²) in [6.45, 7) is 8.59. The lowest BCUT2D eigenvalue weighted by Crippen LogP contribution is -2.18. The minimum absolute atomic E-state index is 0.969. The largest absolute Gasteiger partial charge is 0.342 e. The normalized spacial score (nSPS) is 11.3. The van der Waals surface area contributed by atoms with Crippen LogP contribution in [-0.4, -0.2) is 23.1 Å². The SMILES string of the molecule is CCCCNCCc1nc2cc(C)c(C)cc2[nH]1. The maximum atomic E-state index is 4.64. The van der Waals surface area contributed by atoms with E-state index in [0.717, 1.165) is 36.4 Å². The lowest BCUT2D eigenvalue weighted by Gasteiger charge is -2.00. The Labute approximate surface area is 109 Å². The van der Waals surface area contributed by atoms with Crippen LogP contribution in [0, 0.1) is 13.8 Å². The van der Waals surface area contributed by atoms with E-state index in [0.29, 0.717) is 0 Å². The van der Waals surface area contributed by atoms with Gasteiger partial charge in [0, 0.05) is 13.0 Å². The Hall–Kier alpha value is -1.35. The van der Waals surface area contributed by atoms with Crippen molar-refractivity contribution in [2.24, 2.45) is 0 Å². The van der Waals surface area contributed by atoms with E-state index in [1.165, 1.54) is 24.0 Å². The molecule has 0 atom stereocenters. The molecular weight excluding hydrogens is 222 g/mol. The number of nitrogens with zero attached hydrogens (tertiary/aromatic N) is 1. The number of aromatic amines is 1. The number of rotatable bonds is 6. The molecule has 0 fully saturated rings. The van der Waals surface area contributed by atoms with E-state index in [-0.39, 0.29) is 0 Å². The topological polar surface area (TPSA) is 40.7 Å². The molecule has 0 bridgehead atoms. The Morgan fingerprint density at radius 2 is 1.94 bits per heavy atom. The fourth-order valence-electron chi connectivity index (χ4n) is 2.07. The van der Waals surface area contributed by atoms with Gasteiger partial charge >= 0.3 is 0 Å². The smallest absolute Gasteiger partial charge is 0.108 e. The molecule has 3 nitrogen and oxygen atoms in total. The molecule has 18 heavy (non-hydrogen) atoms. The number of aromatic nitrogens is 2. The summed E-state index contributed by atoms with van der Waals surface area (Å²) in [6.07, 6.45) is 3.46. The summed E-state index contributed by atoms with van der Waals surface area (Å²) in [6, 6.07) is 4.35. The van der Waals surface area contributed by atoms with E-state index in [9.17, 15) is 0 Å². The van der Waals surface area contributed by atoms with Crippen molar-refractivity contribution in [3.63, 3.8) is 0 Å². The highest BCUT2D eigenvalue weighted by molar-refractivity contribution is 5.77. The lowest BCUT2D eigenvalue weighted by atomic mass is 10.1. The third-order valence-corrected chi connectivity index (χ3v) is 3.39. The molecule has 2 aromatic rings. The number of aryl methyl sites for hydroxylation is 2. The zero-order chi connectivity index (χ0) is 13.0. The van der Waals surface area contributed by atoms with Gasteiger partial charge in [-0.25, -0.2) is 4.98 Å². The molecule has 0 aliphatic rings. The Kier molecular flexibility index (Phi) is 4.37. The van der Waals surface area contributed by atoms with Gasteiger partial charge in [0.05, 0.1) is 11.0 Å². The summed E-state index contributed by atoms with van der Waals surface area (Å²) in [5.41, 5.74) is 4.86. The van der Waals surface area contributed by atoms with Crippen molar-refractivity contribution in [1.29, 1.82) is 0 Å². The van der Waals surface area contributed by atoms with E-state index < -0.39 is 0 Å². The first-order valence-electron chi connectivity index (χ1n) is 6.87. The third kappa shape index (κ3) is 3.10. The Morgan fingerprint density at radius 3 is 2.72 bits per heavy atom. The number of imidazole rings is 1. The van der Waals surface area contributed by atoms with E-state index in [1.54, 1.807) is 0 Å². The zero-order valence-electron chi connectivity index (χ0n) is 11.6. The summed E-state index contributed by atoms with van der Waals surface area (Å²) in [5, 5.41) is 3.44. The number of hydrogen-bond acceptors (Lipinski definition) is 2. The van der Waals surface area contributed by atoms with Crippen molar-refractivity contribution < 1.29 is 0 Å². The highest BCUT2D eigenvalue weighted by Gasteiger charge is 2.04. The third-order valence-electron chi connectivity index (χ3n) is 3.39. The van der Waals surface area contributed by atoms with Gasteiger partial charge in [0.15, 0.2) is 0 Å². The van der Waals surface area contributed by atoms with Crippen LogP contribution >= 0.6 is 0 Å². The molecule has 0 saturated heterocycles. The van der Waals surface area contributed by atoms with Crippen LogP contribution in [0.2, 0.25) is 0 Å². The van der Waals surface area contributed by atoms with Gasteiger partial charge < -0.3 is 10.3 Å². The average Bonchev–Trinajstić information content (AvgIpc) is 2.71. The number of hydrogen-bond donors (Lipinski definition) is 2. The molecule has 98 valence electrons. The second-order valence-electron chi connectivity index (χ2n) is 4.99. The minimum atomic E-state index is 0.969. The van der Waals surface area contributed by atoms with Gasteiger partial charge in [-0.2, -0.15) is 0 Å². The lowest BCUT2D eigenvalue weighted by molar-refractivity contribution is 0.633. The highest BCUT2D eigenvalue weighted by Crippen LogP contribution is 2.17. The fraction of sp³-hybridized carbons (Fsp3) is 0.533. The van der Waals surface area contributed by atoms with Crippen molar-refractivity contribution in [2.45, 2.75) is 40.0 Å². The van der Waals surface area contributed by atoms with E-state index >= 15 is 0 Å². The molecule has 0 spiro atoms. The van der Waals surface area contributed by atoms with Gasteiger partial charge in [-0.05, 0) is 50.1 Å². The summed E-state index contributed by atoms with van der Waals surface area (Å²) in [5.74, 6) is 1.08. The van der Waals surface area contributed by atoms with Crippen LogP contribution in [0.5, 0.6) is 0 Å². The summed E-state index contributed by atoms with van der Waals surface area (Å²) in [7, 11) is 0. The first-order valence-corrected chi connectivity index (χ1v) is 6.87. The zero-order valence-corrected chi connectivity index (χ0v) is 11.6. The maximum absolute atomic E-state index is 4.64. The van der Waals surface area contributed by atoms with Crippen molar-refractivity contribution in [1.82, 2.24) is 15.3 Å². The Morgan fingerprint density at radius 1 is 1.17 bits per heavy atom. The molecule has 0 radical (unpaired) electrons. The number of benzene rings is 1. The van der Waals surface area contributed by atoms with Crippen LogP contribution < -0.4 is 5.32 Å². The molecule has 0 saturated carbocycles. The fourth-order valence-corrected chi connectivity index (χ4v) is 2.07. The predicted octanol–water partition coefficient (Wildman–Crippen LogP) is 3.11. The molecule has 0 aliphatic carbocycles. The van der Waals surface area contributed by atoms with Crippen LogP contribution in [0.1, 0.15) is 36.7 Å². The van der Waals surface area contributed by atoms with Crippen molar-refractivity contribution in [2.75, 3.05) is 13.1 Å². The number of fused-ring (bicyclic) bond motifs is 1. The first kappa shape index (κ1) is 13.1. The van der Waals surface area contributed by atoms with Gasteiger partial charge in [-0.3, -0.25) is 0 Å². The number of nitrogens with one attached hydrogen (secondary N) is 2. The van der Waals surface area contributed by atoms with Crippen LogP contribution in [0.15, 0.2) is 12.1 Å². The number of unbranched alkanes of at least 4 members (excludes halogenated alkanes) is 1. The molecular formula is C15H23N3. The summed E-state index contributed by atoms with van der Waals surface area (Å²) >= 11 is 0. The van der Waals surface area contributed by atoms with E-state index in [4.69, 9.17) is 0 Å².